The largest absolute Gasteiger partial charge is 0.740 e. The highest BCUT2D eigenvalue weighted by molar-refractivity contribution is 7.74. The molecule has 0 saturated heterocycles. The molecule has 1 aromatic carbocycles. The van der Waals surface area contributed by atoms with Crippen LogP contribution in [-0.4, -0.2) is 8.76 Å². The van der Waals surface area contributed by atoms with E-state index >= 15 is 0 Å². The van der Waals surface area contributed by atoms with Crippen LogP contribution >= 0.6 is 0 Å². The summed E-state index contributed by atoms with van der Waals surface area (Å²) in [4.78, 5) is 0. The number of benzene rings is 1. The lowest BCUT2D eigenvalue weighted by atomic mass is 9.84. The SMILES string of the molecule is O=S([O-])Oc1ccc(C2CCCCC2)cc1. The van der Waals surface area contributed by atoms with Crippen molar-refractivity contribution in [3.8, 4) is 5.75 Å². The molecule has 16 heavy (non-hydrogen) atoms. The molecular weight excluding hydrogens is 224 g/mol. The molecule has 0 aliphatic heterocycles. The van der Waals surface area contributed by atoms with Crippen LogP contribution in [0.4, 0.5) is 0 Å². The van der Waals surface area contributed by atoms with Crippen molar-refractivity contribution in [2.45, 2.75) is 38.0 Å². The van der Waals surface area contributed by atoms with Crippen LogP contribution in [0.3, 0.4) is 0 Å². The zero-order chi connectivity index (χ0) is 11.4. The Labute approximate surface area is 98.3 Å². The molecule has 1 saturated carbocycles. The highest BCUT2D eigenvalue weighted by Gasteiger charge is 2.15. The van der Waals surface area contributed by atoms with Gasteiger partial charge in [0.25, 0.3) is 0 Å². The van der Waals surface area contributed by atoms with Gasteiger partial charge < -0.3 is 8.74 Å². The fourth-order valence-electron chi connectivity index (χ4n) is 2.31. The molecule has 0 radical (unpaired) electrons. The molecule has 0 spiro atoms. The summed E-state index contributed by atoms with van der Waals surface area (Å²) in [7, 11) is 0. The van der Waals surface area contributed by atoms with Crippen LogP contribution in [0.25, 0.3) is 0 Å². The van der Waals surface area contributed by atoms with Gasteiger partial charge in [-0.25, -0.2) is 4.21 Å². The van der Waals surface area contributed by atoms with Gasteiger partial charge in [0.2, 0.25) is 0 Å². The first-order valence-corrected chi connectivity index (χ1v) is 6.63. The van der Waals surface area contributed by atoms with E-state index in [9.17, 15) is 8.76 Å². The summed E-state index contributed by atoms with van der Waals surface area (Å²) in [6, 6.07) is 7.38. The van der Waals surface area contributed by atoms with Crippen LogP contribution in [0.15, 0.2) is 24.3 Å². The normalized spacial score (nSPS) is 19.3. The number of rotatable bonds is 3. The van der Waals surface area contributed by atoms with E-state index in [1.165, 1.54) is 37.7 Å². The first-order valence-electron chi connectivity index (χ1n) is 5.63. The third-order valence-electron chi connectivity index (χ3n) is 3.12. The summed E-state index contributed by atoms with van der Waals surface area (Å²) in [5, 5.41) is 0. The van der Waals surface area contributed by atoms with Crippen LogP contribution in [-0.2, 0) is 11.4 Å². The Balaban J connectivity index is 2.03. The summed E-state index contributed by atoms with van der Waals surface area (Å²) in [5.41, 5.74) is 1.30. The molecule has 1 aliphatic carbocycles. The topological polar surface area (TPSA) is 49.4 Å². The van der Waals surface area contributed by atoms with Gasteiger partial charge in [-0.3, -0.25) is 0 Å². The molecule has 3 nitrogen and oxygen atoms in total. The highest BCUT2D eigenvalue weighted by Crippen LogP contribution is 2.33. The molecule has 0 amide bonds. The summed E-state index contributed by atoms with van der Waals surface area (Å²) < 4.78 is 25.2. The second kappa shape index (κ2) is 5.46. The van der Waals surface area contributed by atoms with Crippen molar-refractivity contribution in [3.05, 3.63) is 29.8 Å². The Kier molecular flexibility index (Phi) is 3.96. The Morgan fingerprint density at radius 1 is 1.12 bits per heavy atom. The molecule has 1 fully saturated rings. The second-order valence-electron chi connectivity index (χ2n) is 4.19. The van der Waals surface area contributed by atoms with Crippen LogP contribution in [0, 0.1) is 0 Å². The molecule has 0 bridgehead atoms. The molecule has 0 N–H and O–H groups in total. The van der Waals surface area contributed by atoms with Gasteiger partial charge in [0.05, 0.1) is 0 Å². The van der Waals surface area contributed by atoms with E-state index in [-0.39, 0.29) is 0 Å². The maximum absolute atomic E-state index is 10.3. The van der Waals surface area contributed by atoms with Gasteiger partial charge in [0.1, 0.15) is 17.1 Å². The van der Waals surface area contributed by atoms with E-state index in [1.807, 2.05) is 12.1 Å². The molecule has 88 valence electrons. The predicted octanol–water partition coefficient (Wildman–Crippen LogP) is 2.91. The van der Waals surface area contributed by atoms with Crippen LogP contribution < -0.4 is 4.18 Å². The summed E-state index contributed by atoms with van der Waals surface area (Å²) in [6.45, 7) is 0. The Bertz CT molecular complexity index is 355. The maximum atomic E-state index is 10.3. The number of hydrogen-bond donors (Lipinski definition) is 0. The van der Waals surface area contributed by atoms with E-state index in [2.05, 4.69) is 4.18 Å². The first-order chi connectivity index (χ1) is 7.75. The van der Waals surface area contributed by atoms with Crippen molar-refractivity contribution in [3.63, 3.8) is 0 Å². The van der Waals surface area contributed by atoms with E-state index < -0.39 is 11.4 Å². The maximum Gasteiger partial charge on any atom is 0.139 e. The van der Waals surface area contributed by atoms with Crippen LogP contribution in [0.2, 0.25) is 0 Å². The molecular formula is C12H15O3S-. The highest BCUT2D eigenvalue weighted by atomic mass is 32.2. The standard InChI is InChI=1S/C12H16O3S/c13-16(14)15-12-8-6-11(7-9-12)10-4-2-1-3-5-10/h6-10H,1-5H2,(H,13,14)/p-1. The molecule has 0 aromatic heterocycles. The third-order valence-corrected chi connectivity index (χ3v) is 3.45. The molecule has 0 heterocycles. The summed E-state index contributed by atoms with van der Waals surface area (Å²) >= 11 is -2.48. The van der Waals surface area contributed by atoms with Crippen molar-refractivity contribution in [1.82, 2.24) is 0 Å². The average molecular weight is 239 g/mol. The minimum Gasteiger partial charge on any atom is -0.740 e. The third kappa shape index (κ3) is 3.06. The second-order valence-corrected chi connectivity index (χ2v) is 4.77. The molecule has 1 aromatic rings. The van der Waals surface area contributed by atoms with Crippen molar-refractivity contribution in [2.24, 2.45) is 0 Å². The monoisotopic (exact) mass is 239 g/mol. The van der Waals surface area contributed by atoms with Gasteiger partial charge >= 0.3 is 0 Å². The van der Waals surface area contributed by atoms with E-state index in [1.54, 1.807) is 12.1 Å². The Hall–Kier alpha value is -0.870. The zero-order valence-corrected chi connectivity index (χ0v) is 9.87. The lowest BCUT2D eigenvalue weighted by Gasteiger charge is -2.22. The molecule has 1 unspecified atom stereocenters. The minimum absolute atomic E-state index is 0.382. The van der Waals surface area contributed by atoms with E-state index in [0.717, 1.165) is 0 Å². The lowest BCUT2D eigenvalue weighted by molar-refractivity contribution is 0.437. The van der Waals surface area contributed by atoms with Gasteiger partial charge in [0, 0.05) is 0 Å². The quantitative estimate of drug-likeness (QED) is 0.762. The lowest BCUT2D eigenvalue weighted by Crippen LogP contribution is -2.04. The van der Waals surface area contributed by atoms with E-state index in [4.69, 9.17) is 0 Å². The fourth-order valence-corrected chi connectivity index (χ4v) is 2.58. The van der Waals surface area contributed by atoms with Crippen LogP contribution in [0.5, 0.6) is 5.75 Å². The zero-order valence-electron chi connectivity index (χ0n) is 9.06. The van der Waals surface area contributed by atoms with Crippen molar-refractivity contribution in [2.75, 3.05) is 0 Å². The van der Waals surface area contributed by atoms with Gasteiger partial charge in [-0.05, 0) is 36.5 Å². The first kappa shape index (κ1) is 11.6. The van der Waals surface area contributed by atoms with Gasteiger partial charge in [0.15, 0.2) is 0 Å². The fraction of sp³-hybridized carbons (Fsp3) is 0.500. The van der Waals surface area contributed by atoms with Gasteiger partial charge in [-0.2, -0.15) is 0 Å². The van der Waals surface area contributed by atoms with E-state index in [0.29, 0.717) is 11.7 Å². The Morgan fingerprint density at radius 2 is 1.75 bits per heavy atom. The molecule has 1 aliphatic rings. The van der Waals surface area contributed by atoms with Crippen molar-refractivity contribution < 1.29 is 12.9 Å². The summed E-state index contributed by atoms with van der Waals surface area (Å²) in [6.07, 6.45) is 6.43. The van der Waals surface area contributed by atoms with Crippen molar-refractivity contribution >= 4 is 11.4 Å². The van der Waals surface area contributed by atoms with Crippen LogP contribution in [0.1, 0.15) is 43.6 Å². The smallest absolute Gasteiger partial charge is 0.139 e. The average Bonchev–Trinajstić information content (AvgIpc) is 2.30. The summed E-state index contributed by atoms with van der Waals surface area (Å²) in [5.74, 6) is 1.02. The minimum atomic E-state index is -2.48. The molecule has 4 heteroatoms. The molecule has 2 rings (SSSR count). The van der Waals surface area contributed by atoms with Crippen molar-refractivity contribution in [1.29, 1.82) is 0 Å². The molecule has 1 atom stereocenters. The predicted molar refractivity (Wildman–Crippen MR) is 61.8 cm³/mol. The Morgan fingerprint density at radius 3 is 2.31 bits per heavy atom. The van der Waals surface area contributed by atoms with Gasteiger partial charge in [-0.15, -0.1) is 0 Å². The van der Waals surface area contributed by atoms with Gasteiger partial charge in [-0.1, -0.05) is 31.4 Å². The number of hydrogen-bond acceptors (Lipinski definition) is 3.